The van der Waals surface area contributed by atoms with E-state index in [9.17, 15) is 39.5 Å². The van der Waals surface area contributed by atoms with Gasteiger partial charge in [0.25, 0.3) is 0 Å². The summed E-state index contributed by atoms with van der Waals surface area (Å²) < 4.78 is 124. The molecule has 0 N–H and O–H groups in total. The number of methoxy groups -OCH3 is 1. The molecule has 1 aliphatic rings. The first-order valence-electron chi connectivity index (χ1n) is 5.65. The van der Waals surface area contributed by atoms with Crippen molar-refractivity contribution in [2.75, 3.05) is 13.7 Å². The molecule has 2 nitrogen and oxygen atoms in total. The molecule has 0 amide bonds. The molecule has 21 heavy (non-hydrogen) atoms. The Kier molecular flexibility index (Phi) is 4.79. The van der Waals surface area contributed by atoms with E-state index in [0.717, 1.165) is 7.11 Å². The molecule has 0 bridgehead atoms. The zero-order valence-electron chi connectivity index (χ0n) is 10.5. The molecule has 0 aromatic heterocycles. The van der Waals surface area contributed by atoms with E-state index in [2.05, 4.69) is 9.47 Å². The highest BCUT2D eigenvalue weighted by molar-refractivity contribution is 5.04. The van der Waals surface area contributed by atoms with Crippen LogP contribution in [0, 0.1) is 5.92 Å². The molecule has 1 saturated heterocycles. The van der Waals surface area contributed by atoms with Crippen LogP contribution >= 0.6 is 0 Å². The lowest BCUT2D eigenvalue weighted by Crippen LogP contribution is -2.65. The van der Waals surface area contributed by atoms with Gasteiger partial charge in [-0.3, -0.25) is 0 Å². The van der Waals surface area contributed by atoms with Gasteiger partial charge in [0.05, 0.1) is 5.92 Å². The van der Waals surface area contributed by atoms with E-state index >= 15 is 0 Å². The predicted octanol–water partition coefficient (Wildman–Crippen LogP) is 3.85. The van der Waals surface area contributed by atoms with Crippen LogP contribution in [0.4, 0.5) is 39.5 Å². The van der Waals surface area contributed by atoms with Gasteiger partial charge in [0, 0.05) is 13.7 Å². The summed E-state index contributed by atoms with van der Waals surface area (Å²) in [6.07, 6.45) is -9.76. The molecular weight excluding hydrogens is 323 g/mol. The summed E-state index contributed by atoms with van der Waals surface area (Å²) in [7, 11) is 0.791. The molecule has 0 saturated carbocycles. The Hall–Kier alpha value is -0.710. The fourth-order valence-electron chi connectivity index (χ4n) is 1.96. The highest BCUT2D eigenvalue weighted by Gasteiger charge is 2.83. The number of alkyl halides is 9. The first kappa shape index (κ1) is 18.3. The molecule has 0 radical (unpaired) electrons. The first-order chi connectivity index (χ1) is 9.30. The van der Waals surface area contributed by atoms with E-state index in [1.54, 1.807) is 0 Å². The Morgan fingerprint density at radius 3 is 1.86 bits per heavy atom. The van der Waals surface area contributed by atoms with Crippen LogP contribution in [0.5, 0.6) is 0 Å². The average Bonchev–Trinajstić information content (AvgIpc) is 2.36. The van der Waals surface area contributed by atoms with Gasteiger partial charge in [0.2, 0.25) is 0 Å². The molecule has 1 rings (SSSR count). The Morgan fingerprint density at radius 1 is 0.905 bits per heavy atom. The van der Waals surface area contributed by atoms with Gasteiger partial charge in [-0.25, -0.2) is 0 Å². The third-order valence-electron chi connectivity index (χ3n) is 3.14. The number of hydrogen-bond acceptors (Lipinski definition) is 2. The van der Waals surface area contributed by atoms with Crippen molar-refractivity contribution in [3.8, 4) is 0 Å². The van der Waals surface area contributed by atoms with Gasteiger partial charge < -0.3 is 9.47 Å². The monoisotopic (exact) mass is 334 g/mol. The molecule has 2 unspecified atom stereocenters. The normalized spacial score (nSPS) is 26.0. The molecule has 0 aliphatic carbocycles. The standard InChI is InChI=1S/C10H11F9O2/c1-20-6-5(3-2-4-21-6)7(11,12)8(13,14)9(15,16)10(17,18)19/h5-6H,2-4H2,1H3. The lowest BCUT2D eigenvalue weighted by molar-refractivity contribution is -0.412. The highest BCUT2D eigenvalue weighted by Crippen LogP contribution is 2.56. The molecule has 2 atom stereocenters. The molecular formula is C10H11F9O2. The smallest absolute Gasteiger partial charge is 0.355 e. The molecule has 1 heterocycles. The van der Waals surface area contributed by atoms with E-state index in [1.807, 2.05) is 0 Å². The summed E-state index contributed by atoms with van der Waals surface area (Å²) in [6.45, 7) is -0.160. The van der Waals surface area contributed by atoms with Crippen molar-refractivity contribution in [3.63, 3.8) is 0 Å². The Bertz CT molecular complexity index is 366. The summed E-state index contributed by atoms with van der Waals surface area (Å²) >= 11 is 0. The maximum absolute atomic E-state index is 13.7. The van der Waals surface area contributed by atoms with Crippen molar-refractivity contribution in [1.82, 2.24) is 0 Å². The van der Waals surface area contributed by atoms with Gasteiger partial charge in [-0.15, -0.1) is 0 Å². The number of hydrogen-bond donors (Lipinski definition) is 0. The summed E-state index contributed by atoms with van der Waals surface area (Å²) in [4.78, 5) is 0. The molecule has 11 heteroatoms. The zero-order valence-corrected chi connectivity index (χ0v) is 10.5. The second kappa shape index (κ2) is 5.49. The fraction of sp³-hybridized carbons (Fsp3) is 1.00. The maximum atomic E-state index is 13.7. The highest BCUT2D eigenvalue weighted by atomic mass is 19.4. The van der Waals surface area contributed by atoms with Crippen LogP contribution in [0.25, 0.3) is 0 Å². The van der Waals surface area contributed by atoms with Crippen molar-refractivity contribution in [2.45, 2.75) is 43.1 Å². The van der Waals surface area contributed by atoms with E-state index in [1.165, 1.54) is 0 Å². The van der Waals surface area contributed by atoms with Crippen LogP contribution in [0.15, 0.2) is 0 Å². The fourth-order valence-corrected chi connectivity index (χ4v) is 1.96. The predicted molar refractivity (Wildman–Crippen MR) is 50.4 cm³/mol. The summed E-state index contributed by atoms with van der Waals surface area (Å²) in [6, 6.07) is 0. The molecule has 1 fully saturated rings. The Balaban J connectivity index is 3.20. The number of rotatable bonds is 4. The van der Waals surface area contributed by atoms with Crippen LogP contribution in [0.2, 0.25) is 0 Å². The lowest BCUT2D eigenvalue weighted by atomic mass is 9.86. The van der Waals surface area contributed by atoms with E-state index in [0.29, 0.717) is 0 Å². The SMILES string of the molecule is COC1OCCCC1C(F)(F)C(F)(F)C(F)(F)C(F)(F)F. The van der Waals surface area contributed by atoms with Crippen molar-refractivity contribution >= 4 is 0 Å². The number of ether oxygens (including phenoxy) is 2. The van der Waals surface area contributed by atoms with Gasteiger partial charge in [0.1, 0.15) is 0 Å². The largest absolute Gasteiger partial charge is 0.460 e. The van der Waals surface area contributed by atoms with Gasteiger partial charge in [0.15, 0.2) is 6.29 Å². The minimum absolute atomic E-state index is 0.160. The first-order valence-corrected chi connectivity index (χ1v) is 5.65. The van der Waals surface area contributed by atoms with Crippen molar-refractivity contribution in [2.24, 2.45) is 5.92 Å². The summed E-state index contributed by atoms with van der Waals surface area (Å²) in [5.74, 6) is -21.8. The van der Waals surface area contributed by atoms with Crippen molar-refractivity contribution in [3.05, 3.63) is 0 Å². The third-order valence-corrected chi connectivity index (χ3v) is 3.14. The molecule has 0 aromatic rings. The molecule has 1 aliphatic heterocycles. The number of halogens is 9. The van der Waals surface area contributed by atoms with E-state index in [-0.39, 0.29) is 13.0 Å². The summed E-state index contributed by atoms with van der Waals surface area (Å²) in [5.41, 5.74) is 0. The van der Waals surface area contributed by atoms with Gasteiger partial charge in [-0.2, -0.15) is 39.5 Å². The van der Waals surface area contributed by atoms with Crippen LogP contribution in [-0.4, -0.2) is 44.0 Å². The van der Waals surface area contributed by atoms with Crippen LogP contribution < -0.4 is 0 Å². The Labute approximate surface area is 113 Å². The minimum atomic E-state index is -6.89. The van der Waals surface area contributed by atoms with Gasteiger partial charge in [-0.05, 0) is 12.8 Å². The van der Waals surface area contributed by atoms with Crippen molar-refractivity contribution < 1.29 is 49.0 Å². The molecule has 0 aromatic carbocycles. The van der Waals surface area contributed by atoms with E-state index in [4.69, 9.17) is 0 Å². The second-order valence-electron chi connectivity index (χ2n) is 4.49. The van der Waals surface area contributed by atoms with Gasteiger partial charge >= 0.3 is 23.9 Å². The van der Waals surface area contributed by atoms with Crippen LogP contribution in [0.1, 0.15) is 12.8 Å². The Morgan fingerprint density at radius 2 is 1.43 bits per heavy atom. The summed E-state index contributed by atoms with van der Waals surface area (Å²) in [5, 5.41) is 0. The van der Waals surface area contributed by atoms with Crippen LogP contribution in [0.3, 0.4) is 0 Å². The van der Waals surface area contributed by atoms with Crippen LogP contribution in [-0.2, 0) is 9.47 Å². The topological polar surface area (TPSA) is 18.5 Å². The molecule has 0 spiro atoms. The zero-order chi connectivity index (χ0) is 16.7. The minimum Gasteiger partial charge on any atom is -0.355 e. The second-order valence-corrected chi connectivity index (χ2v) is 4.49. The quantitative estimate of drug-likeness (QED) is 0.727. The molecule has 126 valence electrons. The van der Waals surface area contributed by atoms with E-state index < -0.39 is 42.6 Å². The average molecular weight is 334 g/mol. The third kappa shape index (κ3) is 2.81. The maximum Gasteiger partial charge on any atom is 0.460 e. The van der Waals surface area contributed by atoms with Gasteiger partial charge in [-0.1, -0.05) is 0 Å². The lowest BCUT2D eigenvalue weighted by Gasteiger charge is -2.41. The van der Waals surface area contributed by atoms with Crippen molar-refractivity contribution in [1.29, 1.82) is 0 Å².